The van der Waals surface area contributed by atoms with E-state index >= 15 is 0 Å². The molecule has 0 aliphatic rings. The van der Waals surface area contributed by atoms with Crippen molar-refractivity contribution in [3.8, 4) is 11.5 Å². The number of hydrogen-bond donors (Lipinski definition) is 4. The Kier molecular flexibility index (Phi) is 11.0. The second-order valence-electron chi connectivity index (χ2n) is 6.22. The standard InChI is InChI=1S/2C11H12N2O2.ClH/c2*1-7(2)11(14)15-9-5-3-8(4-6-9)10(12)13;/h2*3-6H,1H2,2H3,(H3,12,13);1H. The molecule has 164 valence electrons. The minimum absolute atomic E-state index is 0. The first-order valence-corrected chi connectivity index (χ1v) is 8.65. The van der Waals surface area contributed by atoms with Crippen molar-refractivity contribution < 1.29 is 19.1 Å². The first-order valence-electron chi connectivity index (χ1n) is 8.65. The second-order valence-corrected chi connectivity index (χ2v) is 6.22. The van der Waals surface area contributed by atoms with Crippen molar-refractivity contribution in [2.45, 2.75) is 13.8 Å². The summed E-state index contributed by atoms with van der Waals surface area (Å²) < 4.78 is 9.92. The van der Waals surface area contributed by atoms with Gasteiger partial charge in [0.05, 0.1) is 0 Å². The van der Waals surface area contributed by atoms with Gasteiger partial charge >= 0.3 is 11.9 Å². The molecule has 0 radical (unpaired) electrons. The Hall–Kier alpha value is -3.91. The minimum Gasteiger partial charge on any atom is -0.423 e. The summed E-state index contributed by atoms with van der Waals surface area (Å²) in [6, 6.07) is 12.8. The summed E-state index contributed by atoms with van der Waals surface area (Å²) in [6.45, 7) is 10.1. The zero-order chi connectivity index (χ0) is 22.8. The molecular formula is C22H25ClN4O4. The van der Waals surface area contributed by atoms with Crippen LogP contribution in [0.5, 0.6) is 11.5 Å². The molecule has 2 aromatic rings. The third-order valence-corrected chi connectivity index (χ3v) is 3.45. The molecule has 0 aliphatic carbocycles. The lowest BCUT2D eigenvalue weighted by Crippen LogP contribution is -2.11. The number of rotatable bonds is 6. The van der Waals surface area contributed by atoms with Crippen LogP contribution in [0.1, 0.15) is 25.0 Å². The number of nitrogens with two attached hydrogens (primary N) is 2. The van der Waals surface area contributed by atoms with Crippen LogP contribution in [0.2, 0.25) is 0 Å². The fourth-order valence-corrected chi connectivity index (χ4v) is 1.79. The predicted molar refractivity (Wildman–Crippen MR) is 123 cm³/mol. The molecule has 0 spiro atoms. The van der Waals surface area contributed by atoms with Crippen LogP contribution in [-0.4, -0.2) is 23.6 Å². The first kappa shape index (κ1) is 27.1. The summed E-state index contributed by atoms with van der Waals surface area (Å²) in [4.78, 5) is 22.3. The largest absolute Gasteiger partial charge is 0.423 e. The van der Waals surface area contributed by atoms with Gasteiger partial charge in [-0.3, -0.25) is 10.8 Å². The second kappa shape index (κ2) is 12.6. The number of nitrogen functional groups attached to an aromatic ring is 2. The third-order valence-electron chi connectivity index (χ3n) is 3.45. The van der Waals surface area contributed by atoms with Gasteiger partial charge in [-0.2, -0.15) is 0 Å². The molecule has 0 saturated heterocycles. The van der Waals surface area contributed by atoms with Crippen molar-refractivity contribution in [2.75, 3.05) is 0 Å². The monoisotopic (exact) mass is 444 g/mol. The van der Waals surface area contributed by atoms with Gasteiger partial charge in [0.1, 0.15) is 23.2 Å². The van der Waals surface area contributed by atoms with Gasteiger partial charge in [0.2, 0.25) is 0 Å². The molecule has 2 rings (SSSR count). The van der Waals surface area contributed by atoms with Gasteiger partial charge in [0.15, 0.2) is 0 Å². The van der Waals surface area contributed by atoms with Gasteiger partial charge in [0.25, 0.3) is 0 Å². The van der Waals surface area contributed by atoms with Crippen LogP contribution in [0.15, 0.2) is 72.8 Å². The van der Waals surface area contributed by atoms with Gasteiger partial charge in [-0.1, -0.05) is 13.2 Å². The number of carbonyl (C=O) groups is 2. The summed E-state index contributed by atoms with van der Waals surface area (Å²) in [6.07, 6.45) is 0. The molecule has 8 nitrogen and oxygen atoms in total. The number of benzene rings is 2. The van der Waals surface area contributed by atoms with E-state index in [2.05, 4.69) is 13.2 Å². The summed E-state index contributed by atoms with van der Waals surface area (Å²) in [5, 5.41) is 14.3. The van der Waals surface area contributed by atoms with E-state index in [4.69, 9.17) is 31.8 Å². The van der Waals surface area contributed by atoms with E-state index in [0.29, 0.717) is 33.8 Å². The van der Waals surface area contributed by atoms with Crippen LogP contribution < -0.4 is 20.9 Å². The summed E-state index contributed by atoms with van der Waals surface area (Å²) in [5.74, 6) is -0.155. The number of halogens is 1. The average Bonchev–Trinajstić information content (AvgIpc) is 2.69. The molecule has 0 unspecified atom stereocenters. The van der Waals surface area contributed by atoms with Crippen molar-refractivity contribution in [1.82, 2.24) is 0 Å². The lowest BCUT2D eigenvalue weighted by atomic mass is 10.2. The summed E-state index contributed by atoms with van der Waals surface area (Å²) in [5.41, 5.74) is 12.4. The normalized spacial score (nSPS) is 9.10. The maximum Gasteiger partial charge on any atom is 0.338 e. The molecule has 31 heavy (non-hydrogen) atoms. The number of carbonyl (C=O) groups excluding carboxylic acids is 2. The number of ether oxygens (including phenoxy) is 2. The Labute approximate surface area is 187 Å². The number of amidine groups is 2. The predicted octanol–water partition coefficient (Wildman–Crippen LogP) is 3.33. The minimum atomic E-state index is -0.467. The van der Waals surface area contributed by atoms with Gasteiger partial charge in [0, 0.05) is 22.3 Å². The van der Waals surface area contributed by atoms with Crippen LogP contribution in [0, 0.1) is 10.8 Å². The highest BCUT2D eigenvalue weighted by molar-refractivity contribution is 5.95. The quantitative estimate of drug-likeness (QED) is 0.176. The van der Waals surface area contributed by atoms with Crippen molar-refractivity contribution in [3.05, 3.63) is 84.0 Å². The highest BCUT2D eigenvalue weighted by atomic mass is 35.5. The van der Waals surface area contributed by atoms with Gasteiger partial charge in [-0.05, 0) is 62.4 Å². The maximum absolute atomic E-state index is 11.1. The molecule has 2 aromatic carbocycles. The van der Waals surface area contributed by atoms with E-state index in [1.165, 1.54) is 0 Å². The van der Waals surface area contributed by atoms with Gasteiger partial charge < -0.3 is 20.9 Å². The molecule has 0 amide bonds. The van der Waals surface area contributed by atoms with Crippen LogP contribution >= 0.6 is 12.4 Å². The highest BCUT2D eigenvalue weighted by Crippen LogP contribution is 2.14. The molecule has 0 atom stereocenters. The zero-order valence-electron chi connectivity index (χ0n) is 17.2. The van der Waals surface area contributed by atoms with Crippen molar-refractivity contribution in [2.24, 2.45) is 11.5 Å². The lowest BCUT2D eigenvalue weighted by molar-refractivity contribution is -0.130. The molecule has 6 N–H and O–H groups in total. The molecule has 0 heterocycles. The zero-order valence-corrected chi connectivity index (χ0v) is 18.0. The van der Waals surface area contributed by atoms with Crippen molar-refractivity contribution in [3.63, 3.8) is 0 Å². The Morgan fingerprint density at radius 3 is 1.16 bits per heavy atom. The van der Waals surface area contributed by atoms with Crippen LogP contribution in [-0.2, 0) is 9.59 Å². The van der Waals surface area contributed by atoms with E-state index in [1.54, 1.807) is 62.4 Å². The topological polar surface area (TPSA) is 152 Å². The fourth-order valence-electron chi connectivity index (χ4n) is 1.79. The van der Waals surface area contributed by atoms with E-state index in [1.807, 2.05) is 0 Å². The molecule has 0 aromatic heterocycles. The number of nitrogens with one attached hydrogen (secondary N) is 2. The summed E-state index contributed by atoms with van der Waals surface area (Å²) >= 11 is 0. The molecule has 0 aliphatic heterocycles. The Balaban J connectivity index is 0.000000562. The Bertz CT molecular complexity index is 902. The van der Waals surface area contributed by atoms with Gasteiger partial charge in [-0.15, -0.1) is 12.4 Å². The Morgan fingerprint density at radius 1 is 0.710 bits per heavy atom. The Morgan fingerprint density at radius 2 is 0.968 bits per heavy atom. The lowest BCUT2D eigenvalue weighted by Gasteiger charge is -2.04. The first-order chi connectivity index (χ1) is 14.0. The van der Waals surface area contributed by atoms with Crippen molar-refractivity contribution >= 4 is 36.0 Å². The SMILES string of the molecule is C=C(C)C(=O)Oc1ccc(C(=N)N)cc1.C=C(C)C(=O)Oc1ccc(C(=N)N)cc1.Cl. The van der Waals surface area contributed by atoms with Gasteiger partial charge in [-0.25, -0.2) is 9.59 Å². The molecule has 0 bridgehead atoms. The van der Waals surface area contributed by atoms with Crippen LogP contribution in [0.3, 0.4) is 0 Å². The van der Waals surface area contributed by atoms with Crippen LogP contribution in [0.25, 0.3) is 0 Å². The molecule has 9 heteroatoms. The van der Waals surface area contributed by atoms with E-state index in [-0.39, 0.29) is 24.1 Å². The van der Waals surface area contributed by atoms with E-state index < -0.39 is 11.9 Å². The smallest absolute Gasteiger partial charge is 0.338 e. The summed E-state index contributed by atoms with van der Waals surface area (Å²) in [7, 11) is 0. The maximum atomic E-state index is 11.1. The number of esters is 2. The molecule has 0 fully saturated rings. The molecular weight excluding hydrogens is 420 g/mol. The molecule has 0 saturated carbocycles. The third kappa shape index (κ3) is 9.42. The highest BCUT2D eigenvalue weighted by Gasteiger charge is 2.06. The van der Waals surface area contributed by atoms with Crippen LogP contribution in [0.4, 0.5) is 0 Å². The van der Waals surface area contributed by atoms with E-state index in [0.717, 1.165) is 0 Å². The fraction of sp³-hybridized carbons (Fsp3) is 0.0909. The average molecular weight is 445 g/mol. The van der Waals surface area contributed by atoms with Crippen molar-refractivity contribution in [1.29, 1.82) is 10.8 Å². The van der Waals surface area contributed by atoms with E-state index in [9.17, 15) is 9.59 Å². The number of hydrogen-bond acceptors (Lipinski definition) is 6.